The van der Waals surface area contributed by atoms with Crippen molar-refractivity contribution in [1.29, 1.82) is 0 Å². The summed E-state index contributed by atoms with van der Waals surface area (Å²) in [6.07, 6.45) is 0.864. The zero-order valence-corrected chi connectivity index (χ0v) is 10.1. The second kappa shape index (κ2) is 5.17. The van der Waals surface area contributed by atoms with Crippen molar-refractivity contribution < 1.29 is 9.84 Å². The Balaban J connectivity index is 2.23. The lowest BCUT2D eigenvalue weighted by Crippen LogP contribution is -2.00. The summed E-state index contributed by atoms with van der Waals surface area (Å²) in [5, 5.41) is 10.5. The number of ether oxygens (including phenoxy) is 1. The number of aromatic nitrogens is 1. The van der Waals surface area contributed by atoms with Crippen LogP contribution in [0.2, 0.25) is 5.15 Å². The zero-order valence-electron chi connectivity index (χ0n) is 9.30. The molecule has 1 N–H and O–H groups in total. The number of aliphatic hydroxyl groups excluding tert-OH is 1. The van der Waals surface area contributed by atoms with Gasteiger partial charge in [-0.25, -0.2) is 4.98 Å². The Labute approximate surface area is 105 Å². The molecule has 0 saturated heterocycles. The first-order chi connectivity index (χ1) is 8.20. The Hall–Kier alpha value is -1.58. The smallest absolute Gasteiger partial charge is 0.129 e. The fourth-order valence-corrected chi connectivity index (χ4v) is 1.64. The van der Waals surface area contributed by atoms with Gasteiger partial charge in [0.2, 0.25) is 0 Å². The van der Waals surface area contributed by atoms with E-state index in [0.717, 1.165) is 11.3 Å². The van der Waals surface area contributed by atoms with E-state index < -0.39 is 6.10 Å². The second-order valence-electron chi connectivity index (χ2n) is 3.59. The molecule has 3 nitrogen and oxygen atoms in total. The third-order valence-corrected chi connectivity index (χ3v) is 2.72. The van der Waals surface area contributed by atoms with Gasteiger partial charge in [-0.05, 0) is 23.8 Å². The van der Waals surface area contributed by atoms with Crippen LogP contribution in [0.5, 0.6) is 5.75 Å². The molecule has 2 aromatic rings. The van der Waals surface area contributed by atoms with Crippen molar-refractivity contribution in [3.8, 4) is 5.75 Å². The quantitative estimate of drug-likeness (QED) is 0.851. The van der Waals surface area contributed by atoms with Crippen LogP contribution >= 0.6 is 11.6 Å². The normalized spacial score (nSPS) is 12.2. The Morgan fingerprint density at radius 3 is 2.29 bits per heavy atom. The first-order valence-electron chi connectivity index (χ1n) is 5.14. The van der Waals surface area contributed by atoms with Gasteiger partial charge in [0.15, 0.2) is 0 Å². The third-order valence-electron chi connectivity index (χ3n) is 2.50. The minimum absolute atomic E-state index is 0.413. The highest BCUT2D eigenvalue weighted by Crippen LogP contribution is 2.23. The van der Waals surface area contributed by atoms with Gasteiger partial charge >= 0.3 is 0 Å². The van der Waals surface area contributed by atoms with Crippen molar-refractivity contribution in [2.45, 2.75) is 6.10 Å². The highest BCUT2D eigenvalue weighted by Gasteiger charge is 2.10. The van der Waals surface area contributed by atoms with E-state index in [1.807, 2.05) is 24.3 Å². The van der Waals surface area contributed by atoms with E-state index in [0.29, 0.717) is 10.7 Å². The molecule has 0 aliphatic heterocycles. The van der Waals surface area contributed by atoms with Crippen molar-refractivity contribution in [2.24, 2.45) is 0 Å². The standard InChI is InChI=1S/C13H12ClNO2/c1-17-11-5-2-9(3-6-11)13(16)10-4-7-12(14)15-8-10/h2-8,13,16H,1H3. The number of halogens is 1. The number of hydrogen-bond acceptors (Lipinski definition) is 3. The maximum Gasteiger partial charge on any atom is 0.129 e. The molecule has 1 aromatic heterocycles. The van der Waals surface area contributed by atoms with E-state index in [1.54, 1.807) is 25.4 Å². The monoisotopic (exact) mass is 249 g/mol. The van der Waals surface area contributed by atoms with Crippen LogP contribution in [0.25, 0.3) is 0 Å². The fraction of sp³-hybridized carbons (Fsp3) is 0.154. The summed E-state index contributed by atoms with van der Waals surface area (Å²) < 4.78 is 5.06. The van der Waals surface area contributed by atoms with Crippen LogP contribution in [-0.4, -0.2) is 17.2 Å². The number of rotatable bonds is 3. The summed E-state index contributed by atoms with van der Waals surface area (Å²) in [6, 6.07) is 10.7. The first-order valence-corrected chi connectivity index (χ1v) is 5.52. The van der Waals surface area contributed by atoms with Crippen LogP contribution in [-0.2, 0) is 0 Å². The molecule has 0 aliphatic carbocycles. The molecule has 17 heavy (non-hydrogen) atoms. The molecule has 4 heteroatoms. The highest BCUT2D eigenvalue weighted by atomic mass is 35.5. The average molecular weight is 250 g/mol. The van der Waals surface area contributed by atoms with E-state index in [1.165, 1.54) is 0 Å². The Morgan fingerprint density at radius 2 is 1.76 bits per heavy atom. The molecule has 1 heterocycles. The minimum atomic E-state index is -0.703. The van der Waals surface area contributed by atoms with E-state index in [2.05, 4.69) is 4.98 Å². The van der Waals surface area contributed by atoms with Gasteiger partial charge in [0.1, 0.15) is 17.0 Å². The summed E-state index contributed by atoms with van der Waals surface area (Å²) in [4.78, 5) is 3.94. The molecule has 0 aliphatic rings. The van der Waals surface area contributed by atoms with Crippen LogP contribution in [0.4, 0.5) is 0 Å². The maximum absolute atomic E-state index is 10.1. The van der Waals surface area contributed by atoms with E-state index in [9.17, 15) is 5.11 Å². The average Bonchev–Trinajstić information content (AvgIpc) is 2.39. The van der Waals surface area contributed by atoms with Gasteiger partial charge in [0.25, 0.3) is 0 Å². The molecule has 0 bridgehead atoms. The number of aliphatic hydroxyl groups is 1. The summed E-state index contributed by atoms with van der Waals surface area (Å²) in [5.41, 5.74) is 1.49. The van der Waals surface area contributed by atoms with Crippen LogP contribution < -0.4 is 4.74 Å². The SMILES string of the molecule is COc1ccc(C(O)c2ccc(Cl)nc2)cc1. The number of nitrogens with zero attached hydrogens (tertiary/aromatic N) is 1. The predicted octanol–water partition coefficient (Wildman–Crippen LogP) is 2.83. The van der Waals surface area contributed by atoms with Crippen LogP contribution in [0, 0.1) is 0 Å². The molecule has 1 aromatic carbocycles. The molecule has 0 amide bonds. The third kappa shape index (κ3) is 2.75. The number of pyridine rings is 1. The summed E-state index contributed by atoms with van der Waals surface area (Å²) >= 11 is 5.69. The lowest BCUT2D eigenvalue weighted by Gasteiger charge is -2.11. The Kier molecular flexibility index (Phi) is 3.61. The number of benzene rings is 1. The van der Waals surface area contributed by atoms with Crippen molar-refractivity contribution >= 4 is 11.6 Å². The van der Waals surface area contributed by atoms with E-state index >= 15 is 0 Å². The van der Waals surface area contributed by atoms with Crippen molar-refractivity contribution in [3.05, 3.63) is 58.9 Å². The summed E-state index contributed by atoms with van der Waals surface area (Å²) in [6.45, 7) is 0. The van der Waals surface area contributed by atoms with Gasteiger partial charge in [0, 0.05) is 11.8 Å². The van der Waals surface area contributed by atoms with Gasteiger partial charge in [-0.2, -0.15) is 0 Å². The van der Waals surface area contributed by atoms with E-state index in [4.69, 9.17) is 16.3 Å². The van der Waals surface area contributed by atoms with Gasteiger partial charge in [-0.15, -0.1) is 0 Å². The van der Waals surface area contributed by atoms with Crippen molar-refractivity contribution in [2.75, 3.05) is 7.11 Å². The molecular weight excluding hydrogens is 238 g/mol. The van der Waals surface area contributed by atoms with Gasteiger partial charge in [0.05, 0.1) is 7.11 Å². The minimum Gasteiger partial charge on any atom is -0.497 e. The van der Waals surface area contributed by atoms with Crippen molar-refractivity contribution in [3.63, 3.8) is 0 Å². The second-order valence-corrected chi connectivity index (χ2v) is 3.98. The van der Waals surface area contributed by atoms with Gasteiger partial charge < -0.3 is 9.84 Å². The Morgan fingerprint density at radius 1 is 1.12 bits per heavy atom. The molecular formula is C13H12ClNO2. The van der Waals surface area contributed by atoms with Gasteiger partial charge in [-0.3, -0.25) is 0 Å². The number of hydrogen-bond donors (Lipinski definition) is 1. The molecule has 1 unspecified atom stereocenters. The first kappa shape index (κ1) is 11.9. The molecule has 88 valence electrons. The largest absolute Gasteiger partial charge is 0.497 e. The van der Waals surface area contributed by atoms with Crippen molar-refractivity contribution in [1.82, 2.24) is 4.98 Å². The molecule has 0 radical (unpaired) electrons. The molecule has 0 spiro atoms. The lowest BCUT2D eigenvalue weighted by atomic mass is 10.0. The van der Waals surface area contributed by atoms with E-state index in [-0.39, 0.29) is 0 Å². The predicted molar refractivity (Wildman–Crippen MR) is 66.3 cm³/mol. The van der Waals surface area contributed by atoms with Crippen LogP contribution in [0.15, 0.2) is 42.6 Å². The Bertz CT molecular complexity index is 482. The zero-order chi connectivity index (χ0) is 12.3. The lowest BCUT2D eigenvalue weighted by molar-refractivity contribution is 0.220. The summed E-state index contributed by atoms with van der Waals surface area (Å²) in [5.74, 6) is 0.759. The van der Waals surface area contributed by atoms with Crippen LogP contribution in [0.1, 0.15) is 17.2 Å². The maximum atomic E-state index is 10.1. The van der Waals surface area contributed by atoms with Gasteiger partial charge in [-0.1, -0.05) is 29.8 Å². The highest BCUT2D eigenvalue weighted by molar-refractivity contribution is 6.29. The topological polar surface area (TPSA) is 42.4 Å². The number of methoxy groups -OCH3 is 1. The van der Waals surface area contributed by atoms with Crippen LogP contribution in [0.3, 0.4) is 0 Å². The molecule has 0 fully saturated rings. The molecule has 1 atom stereocenters. The fourth-order valence-electron chi connectivity index (χ4n) is 1.53. The molecule has 0 saturated carbocycles. The summed E-state index contributed by atoms with van der Waals surface area (Å²) in [7, 11) is 1.61. The molecule has 2 rings (SSSR count).